The van der Waals surface area contributed by atoms with Crippen molar-refractivity contribution in [1.82, 2.24) is 4.90 Å². The summed E-state index contributed by atoms with van der Waals surface area (Å²) in [6.45, 7) is 9.86. The van der Waals surface area contributed by atoms with E-state index in [1.165, 1.54) is 0 Å². The molecule has 0 bridgehead atoms. The lowest BCUT2D eigenvalue weighted by Gasteiger charge is -2.37. The molecular formula is C9H21NO2. The van der Waals surface area contributed by atoms with Crippen LogP contribution in [0.2, 0.25) is 0 Å². The highest BCUT2D eigenvalue weighted by Crippen LogP contribution is 2.15. The summed E-state index contributed by atoms with van der Waals surface area (Å²) in [5, 5.41) is 8.99. The molecule has 1 N–H and O–H groups in total. The predicted molar refractivity (Wildman–Crippen MR) is 49.7 cm³/mol. The normalized spacial score (nSPS) is 18.0. The van der Waals surface area contributed by atoms with Crippen molar-refractivity contribution >= 4 is 0 Å². The third-order valence-corrected chi connectivity index (χ3v) is 2.00. The molecule has 0 radical (unpaired) electrons. The number of aliphatic hydroxyl groups excluding tert-OH is 1. The maximum absolute atomic E-state index is 8.99. The van der Waals surface area contributed by atoms with Crippen LogP contribution in [0.3, 0.4) is 0 Å². The van der Waals surface area contributed by atoms with Crippen molar-refractivity contribution in [2.45, 2.75) is 52.7 Å². The van der Waals surface area contributed by atoms with E-state index in [4.69, 9.17) is 9.84 Å². The first kappa shape index (κ1) is 11.9. The van der Waals surface area contributed by atoms with Gasteiger partial charge in [0.2, 0.25) is 0 Å². The molecule has 2 unspecified atom stereocenters. The molecule has 0 aliphatic carbocycles. The Balaban J connectivity index is 4.01. The van der Waals surface area contributed by atoms with Crippen molar-refractivity contribution in [2.24, 2.45) is 0 Å². The first-order valence-corrected chi connectivity index (χ1v) is 4.31. The van der Waals surface area contributed by atoms with Crippen molar-refractivity contribution in [1.29, 1.82) is 0 Å². The molecule has 0 spiro atoms. The molecule has 74 valence electrons. The SMILES string of the molecule is CC(O)OC(C)N(C)C(C)(C)C. The van der Waals surface area contributed by atoms with E-state index in [0.29, 0.717) is 0 Å². The fourth-order valence-electron chi connectivity index (χ4n) is 0.922. The Labute approximate surface area is 75.3 Å². The fourth-order valence-corrected chi connectivity index (χ4v) is 0.922. The van der Waals surface area contributed by atoms with Crippen molar-refractivity contribution in [3.63, 3.8) is 0 Å². The second-order valence-electron chi connectivity index (χ2n) is 4.12. The first-order chi connectivity index (χ1) is 5.25. The van der Waals surface area contributed by atoms with E-state index in [9.17, 15) is 0 Å². The standard InChI is InChI=1S/C9H21NO2/c1-7(12-8(2)11)10(6)9(3,4)5/h7-8,11H,1-6H3. The lowest BCUT2D eigenvalue weighted by atomic mass is 10.1. The molecule has 0 heterocycles. The predicted octanol–water partition coefficient (Wildman–Crippen LogP) is 1.42. The summed E-state index contributed by atoms with van der Waals surface area (Å²) in [5.41, 5.74) is 0.0638. The number of hydrogen-bond acceptors (Lipinski definition) is 3. The number of rotatable bonds is 3. The third-order valence-electron chi connectivity index (χ3n) is 2.00. The molecule has 0 aliphatic rings. The number of nitrogens with zero attached hydrogens (tertiary/aromatic N) is 1. The lowest BCUT2D eigenvalue weighted by molar-refractivity contribution is -0.175. The molecule has 0 saturated carbocycles. The zero-order valence-corrected chi connectivity index (χ0v) is 8.96. The Kier molecular flexibility index (Phi) is 4.17. The van der Waals surface area contributed by atoms with Crippen molar-refractivity contribution in [2.75, 3.05) is 7.05 Å². The molecule has 12 heavy (non-hydrogen) atoms. The van der Waals surface area contributed by atoms with Gasteiger partial charge < -0.3 is 9.84 Å². The van der Waals surface area contributed by atoms with Gasteiger partial charge in [-0.3, -0.25) is 4.90 Å². The molecule has 0 fully saturated rings. The Morgan fingerprint density at radius 1 is 1.25 bits per heavy atom. The second-order valence-corrected chi connectivity index (χ2v) is 4.12. The zero-order valence-electron chi connectivity index (χ0n) is 8.96. The summed E-state index contributed by atoms with van der Waals surface area (Å²) in [5.74, 6) is 0. The van der Waals surface area contributed by atoms with Crippen LogP contribution >= 0.6 is 0 Å². The summed E-state index contributed by atoms with van der Waals surface area (Å²) in [7, 11) is 1.98. The number of ether oxygens (including phenoxy) is 1. The summed E-state index contributed by atoms with van der Waals surface area (Å²) in [6.07, 6.45) is -0.769. The van der Waals surface area contributed by atoms with Crippen molar-refractivity contribution in [3.05, 3.63) is 0 Å². The first-order valence-electron chi connectivity index (χ1n) is 4.31. The summed E-state index contributed by atoms with van der Waals surface area (Å²) in [6, 6.07) is 0. The average Bonchev–Trinajstić information content (AvgIpc) is 1.82. The highest BCUT2D eigenvalue weighted by atomic mass is 16.6. The largest absolute Gasteiger partial charge is 0.368 e. The molecule has 0 aliphatic heterocycles. The molecule has 0 aromatic rings. The maximum atomic E-state index is 8.99. The van der Waals surface area contributed by atoms with Gasteiger partial charge in [0, 0.05) is 5.54 Å². The van der Waals surface area contributed by atoms with Gasteiger partial charge in [-0.25, -0.2) is 0 Å². The Morgan fingerprint density at radius 3 is 1.92 bits per heavy atom. The average molecular weight is 175 g/mol. The topological polar surface area (TPSA) is 32.7 Å². The Bertz CT molecular complexity index is 129. The second kappa shape index (κ2) is 4.21. The van der Waals surface area contributed by atoms with Crippen molar-refractivity contribution in [3.8, 4) is 0 Å². The van der Waals surface area contributed by atoms with E-state index in [1.54, 1.807) is 6.92 Å². The molecule has 3 heteroatoms. The number of aliphatic hydroxyl groups is 1. The Morgan fingerprint density at radius 2 is 1.67 bits per heavy atom. The third kappa shape index (κ3) is 4.04. The molecule has 0 aromatic heterocycles. The van der Waals surface area contributed by atoms with Crippen LogP contribution in [0.25, 0.3) is 0 Å². The summed E-state index contributed by atoms with van der Waals surface area (Å²) < 4.78 is 5.22. The van der Waals surface area contributed by atoms with E-state index in [0.717, 1.165) is 0 Å². The van der Waals surface area contributed by atoms with Gasteiger partial charge in [0.15, 0.2) is 6.29 Å². The minimum absolute atomic E-state index is 0.0638. The monoisotopic (exact) mass is 175 g/mol. The van der Waals surface area contributed by atoms with Crippen LogP contribution in [0.5, 0.6) is 0 Å². The van der Waals surface area contributed by atoms with Gasteiger partial charge >= 0.3 is 0 Å². The maximum Gasteiger partial charge on any atom is 0.153 e. The number of hydrogen-bond donors (Lipinski definition) is 1. The molecule has 0 saturated heterocycles. The van der Waals surface area contributed by atoms with E-state index in [1.807, 2.05) is 14.0 Å². The highest BCUT2D eigenvalue weighted by Gasteiger charge is 2.23. The smallest absolute Gasteiger partial charge is 0.153 e. The summed E-state index contributed by atoms with van der Waals surface area (Å²) >= 11 is 0. The molecule has 3 nitrogen and oxygen atoms in total. The molecule has 0 rings (SSSR count). The minimum atomic E-state index is -0.704. The van der Waals surface area contributed by atoms with Crippen molar-refractivity contribution < 1.29 is 9.84 Å². The van der Waals surface area contributed by atoms with Gasteiger partial charge in [-0.05, 0) is 41.7 Å². The quantitative estimate of drug-likeness (QED) is 0.658. The van der Waals surface area contributed by atoms with E-state index >= 15 is 0 Å². The fraction of sp³-hybridized carbons (Fsp3) is 1.00. The van der Waals surface area contributed by atoms with Gasteiger partial charge in [-0.2, -0.15) is 0 Å². The Hall–Kier alpha value is -0.120. The van der Waals surface area contributed by atoms with E-state index in [2.05, 4.69) is 25.7 Å². The molecular weight excluding hydrogens is 154 g/mol. The van der Waals surface area contributed by atoms with Crippen LogP contribution in [-0.4, -0.2) is 35.1 Å². The zero-order chi connectivity index (χ0) is 9.94. The van der Waals surface area contributed by atoms with Gasteiger partial charge in [-0.15, -0.1) is 0 Å². The van der Waals surface area contributed by atoms with Gasteiger partial charge in [-0.1, -0.05) is 0 Å². The summed E-state index contributed by atoms with van der Waals surface area (Å²) in [4.78, 5) is 2.07. The highest BCUT2D eigenvalue weighted by molar-refractivity contribution is 4.73. The molecule has 0 amide bonds. The molecule has 2 atom stereocenters. The molecule has 0 aromatic carbocycles. The van der Waals surface area contributed by atoms with E-state index < -0.39 is 6.29 Å². The van der Waals surface area contributed by atoms with Crippen LogP contribution in [0, 0.1) is 0 Å². The van der Waals surface area contributed by atoms with Crippen LogP contribution in [0.15, 0.2) is 0 Å². The minimum Gasteiger partial charge on any atom is -0.368 e. The van der Waals surface area contributed by atoms with Crippen LogP contribution in [0.1, 0.15) is 34.6 Å². The van der Waals surface area contributed by atoms with Gasteiger partial charge in [0.1, 0.15) is 6.23 Å². The van der Waals surface area contributed by atoms with Gasteiger partial charge in [0.05, 0.1) is 0 Å². The van der Waals surface area contributed by atoms with E-state index in [-0.39, 0.29) is 11.8 Å². The van der Waals surface area contributed by atoms with Crippen LogP contribution in [0.4, 0.5) is 0 Å². The van der Waals surface area contributed by atoms with Crippen LogP contribution < -0.4 is 0 Å². The van der Waals surface area contributed by atoms with Crippen LogP contribution in [-0.2, 0) is 4.74 Å². The lowest BCUT2D eigenvalue weighted by Crippen LogP contribution is -2.46. The van der Waals surface area contributed by atoms with Gasteiger partial charge in [0.25, 0.3) is 0 Å².